The Morgan fingerprint density at radius 2 is 0.565 bits per heavy atom. The van der Waals surface area contributed by atoms with Gasteiger partial charge in [-0.2, -0.15) is 11.1 Å². The summed E-state index contributed by atoms with van der Waals surface area (Å²) in [4.78, 5) is 0. The van der Waals surface area contributed by atoms with Gasteiger partial charge < -0.3 is 14.9 Å². The summed E-state index contributed by atoms with van der Waals surface area (Å²) >= 11 is 1.36. The third-order valence-corrected chi connectivity index (χ3v) is 11.7. The number of benzene rings is 6. The van der Waals surface area contributed by atoms with Crippen molar-refractivity contribution in [2.24, 2.45) is 0 Å². The Balaban J connectivity index is 0.000000386. The number of hydrogen-bond acceptors (Lipinski definition) is 0. The molecular weight excluding hydrogens is 887 g/mol. The molecule has 8 rings (SSSR count). The van der Waals surface area contributed by atoms with Crippen LogP contribution in [0.15, 0.2) is 133 Å². The molecule has 324 valence electrons. The van der Waals surface area contributed by atoms with Crippen LogP contribution < -0.4 is 0 Å². The monoisotopic (exact) mass is 950 g/mol. The third-order valence-electron chi connectivity index (χ3n) is 11.7. The first kappa shape index (κ1) is 54.4. The van der Waals surface area contributed by atoms with E-state index in [-0.39, 0.29) is 50.5 Å². The Hall–Kier alpha value is -3.78. The summed E-state index contributed by atoms with van der Waals surface area (Å²) < 4.78 is 0. The summed E-state index contributed by atoms with van der Waals surface area (Å²) in [7, 11) is 0. The molecule has 8 aromatic rings. The first-order valence-electron chi connectivity index (χ1n) is 20.5. The molecule has 8 aromatic carbocycles. The molecular formula is C58H66Cl2SiZr-4. The molecule has 0 N–H and O–H groups in total. The molecule has 0 atom stereocenters. The minimum absolute atomic E-state index is 0. The standard InChI is InChI=1S/2C28H29.2CH3.2ClH.Si.Zr/c2*1-18-7-11-21(12-8-18)23-15-16-24(22-13-9-19(2)10-14-22)27-20(3)26(17-25(23)27)28(4,5)6;;;;;;/h2*7-17H,1-6H3;2*1H3;2*1H;;/q4*-1;;;;. The first-order valence-corrected chi connectivity index (χ1v) is 24.7. The van der Waals surface area contributed by atoms with Gasteiger partial charge in [0.2, 0.25) is 0 Å². The summed E-state index contributed by atoms with van der Waals surface area (Å²) in [5, 5.41) is 5.52. The Bertz CT molecular complexity index is 2490. The number of rotatable bonds is 4. The Morgan fingerprint density at radius 1 is 0.355 bits per heavy atom. The first-order chi connectivity index (χ1) is 27.5. The summed E-state index contributed by atoms with van der Waals surface area (Å²) in [6.45, 7) is 30.1. The van der Waals surface area contributed by atoms with E-state index in [1.807, 2.05) is 0 Å². The third kappa shape index (κ3) is 11.5. The quantitative estimate of drug-likeness (QED) is 0.122. The normalized spacial score (nSPS) is 10.8. The Kier molecular flexibility index (Phi) is 19.5. The van der Waals surface area contributed by atoms with E-state index in [0.29, 0.717) is 0 Å². The fourth-order valence-electron chi connectivity index (χ4n) is 8.60. The second-order valence-corrected chi connectivity index (χ2v) is 18.2. The van der Waals surface area contributed by atoms with Gasteiger partial charge in [-0.1, -0.05) is 232 Å². The fraction of sp³-hybridized carbons (Fsp3) is 0.241. The van der Waals surface area contributed by atoms with Crippen LogP contribution in [0.4, 0.5) is 0 Å². The Labute approximate surface area is 404 Å². The topological polar surface area (TPSA) is 0 Å². The van der Waals surface area contributed by atoms with Gasteiger partial charge in [-0.3, -0.25) is 0 Å². The molecule has 0 spiro atoms. The number of fused-ring (bicyclic) bond motifs is 2. The van der Waals surface area contributed by atoms with E-state index in [1.165, 1.54) is 134 Å². The molecule has 0 bridgehead atoms. The minimum atomic E-state index is 0. The molecule has 0 saturated heterocycles. The average molecular weight is 953 g/mol. The van der Waals surface area contributed by atoms with Crippen LogP contribution in [0.2, 0.25) is 0 Å². The van der Waals surface area contributed by atoms with Crippen molar-refractivity contribution in [2.45, 2.75) is 93.9 Å². The molecule has 0 saturated carbocycles. The summed E-state index contributed by atoms with van der Waals surface area (Å²) in [6.07, 6.45) is 0. The van der Waals surface area contributed by atoms with Gasteiger partial charge in [0.05, 0.1) is 0 Å². The van der Waals surface area contributed by atoms with Crippen LogP contribution in [0.3, 0.4) is 0 Å². The zero-order valence-electron chi connectivity index (χ0n) is 39.5. The zero-order valence-corrected chi connectivity index (χ0v) is 44.6. The van der Waals surface area contributed by atoms with Gasteiger partial charge in [-0.05, 0) is 49.7 Å². The number of hydrogen-bond donors (Lipinski definition) is 0. The summed E-state index contributed by atoms with van der Waals surface area (Å²) in [5.41, 5.74) is 21.6. The molecule has 0 unspecified atom stereocenters. The van der Waals surface area contributed by atoms with Crippen molar-refractivity contribution in [3.63, 3.8) is 0 Å². The predicted octanol–water partition coefficient (Wildman–Crippen LogP) is 17.6. The van der Waals surface area contributed by atoms with E-state index >= 15 is 0 Å². The molecule has 62 heavy (non-hydrogen) atoms. The van der Waals surface area contributed by atoms with E-state index in [4.69, 9.17) is 0 Å². The van der Waals surface area contributed by atoms with Crippen molar-refractivity contribution >= 4 is 53.2 Å². The van der Waals surface area contributed by atoms with Gasteiger partial charge in [0.25, 0.3) is 0 Å². The van der Waals surface area contributed by atoms with Crippen LogP contribution in [0.5, 0.6) is 0 Å². The van der Waals surface area contributed by atoms with E-state index in [9.17, 15) is 0 Å². The van der Waals surface area contributed by atoms with Crippen molar-refractivity contribution in [2.75, 3.05) is 0 Å². The molecule has 0 fully saturated rings. The average Bonchev–Trinajstić information content (AvgIpc) is 3.75. The van der Waals surface area contributed by atoms with Crippen molar-refractivity contribution in [1.29, 1.82) is 0 Å². The fourth-order valence-corrected chi connectivity index (χ4v) is 8.60. The van der Waals surface area contributed by atoms with Crippen LogP contribution in [0.1, 0.15) is 86.1 Å². The van der Waals surface area contributed by atoms with Crippen LogP contribution in [-0.2, 0) is 34.2 Å². The van der Waals surface area contributed by atoms with Gasteiger partial charge in [0, 0.05) is 0 Å². The molecule has 0 aliphatic rings. The number of halogens is 2. The number of aryl methyl sites for hydroxylation is 6. The molecule has 0 nitrogen and oxygen atoms in total. The molecule has 0 aromatic heterocycles. The van der Waals surface area contributed by atoms with Gasteiger partial charge in [0.15, 0.2) is 0 Å². The molecule has 2 radical (unpaired) electrons. The van der Waals surface area contributed by atoms with Crippen LogP contribution >= 0.6 is 24.8 Å². The van der Waals surface area contributed by atoms with Crippen molar-refractivity contribution < 1.29 is 23.3 Å². The van der Waals surface area contributed by atoms with E-state index in [2.05, 4.69) is 223 Å². The molecule has 0 aliphatic heterocycles. The summed E-state index contributed by atoms with van der Waals surface area (Å²) in [6, 6.07) is 49.7. The van der Waals surface area contributed by atoms with E-state index < -0.39 is 0 Å². The SMILES string of the molecule is Cc1ccc(-c2ccc(-c3ccc(C)cc3)c3c(C)c(C(C)(C)C)[cH-]c23)cc1.Cc1ccc(-c2ccc(-c3ccc(C)cc3)c3c(C)c(C(C)(C)C)[cH-]c23)cc1.Cl.Cl.[CH3-].[CH3-].[Si]=[Zr]. The Morgan fingerprint density at radius 3 is 0.790 bits per heavy atom. The second-order valence-electron chi connectivity index (χ2n) is 18.2. The van der Waals surface area contributed by atoms with Crippen LogP contribution in [0.25, 0.3) is 66.1 Å². The van der Waals surface area contributed by atoms with E-state index in [1.54, 1.807) is 0 Å². The van der Waals surface area contributed by atoms with Gasteiger partial charge in [-0.15, -0.1) is 69.6 Å². The molecule has 0 amide bonds. The summed E-state index contributed by atoms with van der Waals surface area (Å²) in [5.74, 6) is 0. The van der Waals surface area contributed by atoms with Crippen molar-refractivity contribution in [3.05, 3.63) is 193 Å². The maximum atomic E-state index is 3.06. The van der Waals surface area contributed by atoms with E-state index in [0.717, 1.165) is 0 Å². The predicted molar refractivity (Wildman–Crippen MR) is 280 cm³/mol. The van der Waals surface area contributed by atoms with Gasteiger partial charge in [-0.25, -0.2) is 0 Å². The van der Waals surface area contributed by atoms with Gasteiger partial charge >= 0.3 is 30.2 Å². The van der Waals surface area contributed by atoms with Crippen LogP contribution in [0, 0.1) is 56.4 Å². The van der Waals surface area contributed by atoms with Crippen molar-refractivity contribution in [1.82, 2.24) is 0 Å². The molecule has 4 heteroatoms. The van der Waals surface area contributed by atoms with Gasteiger partial charge in [0.1, 0.15) is 0 Å². The second kappa shape index (κ2) is 22.2. The zero-order chi connectivity index (χ0) is 42.1. The molecule has 0 heterocycles. The van der Waals surface area contributed by atoms with Crippen molar-refractivity contribution in [3.8, 4) is 44.5 Å². The molecule has 0 aliphatic carbocycles. The van der Waals surface area contributed by atoms with Crippen LogP contribution in [-0.4, -0.2) is 6.88 Å². The maximum absolute atomic E-state index is 3.06.